The van der Waals surface area contributed by atoms with E-state index in [2.05, 4.69) is 20.4 Å². The van der Waals surface area contributed by atoms with Gasteiger partial charge in [-0.1, -0.05) is 12.1 Å². The topological polar surface area (TPSA) is 83.7 Å². The molecule has 0 saturated carbocycles. The fourth-order valence-corrected chi connectivity index (χ4v) is 3.12. The molecule has 0 unspecified atom stereocenters. The zero-order chi connectivity index (χ0) is 16.2. The Labute approximate surface area is 160 Å². The summed E-state index contributed by atoms with van der Waals surface area (Å²) in [7, 11) is 1.69. The fourth-order valence-electron chi connectivity index (χ4n) is 3.12. The van der Waals surface area contributed by atoms with Crippen molar-refractivity contribution in [3.05, 3.63) is 11.7 Å². The largest absolute Gasteiger partial charge is 0.380 e. The predicted octanol–water partition coefficient (Wildman–Crippen LogP) is 0.497. The van der Waals surface area contributed by atoms with Crippen molar-refractivity contribution in [2.75, 3.05) is 39.8 Å². The molecule has 0 radical (unpaired) electrons. The highest BCUT2D eigenvalue weighted by atomic mass is 35.5. The normalized spacial score (nSPS) is 23.8. The maximum absolute atomic E-state index is 12.5. The summed E-state index contributed by atoms with van der Waals surface area (Å²) in [5, 5.41) is 7.24. The van der Waals surface area contributed by atoms with Crippen LogP contribution in [0.4, 0.5) is 0 Å². The van der Waals surface area contributed by atoms with Crippen LogP contribution >= 0.6 is 24.8 Å². The number of aryl methyl sites for hydroxylation is 1. The molecule has 2 aliphatic rings. The van der Waals surface area contributed by atoms with Gasteiger partial charge in [0, 0.05) is 46.3 Å². The molecular weight excluding hydrogens is 369 g/mol. The summed E-state index contributed by atoms with van der Waals surface area (Å²) in [4.78, 5) is 21.1. The smallest absolute Gasteiger partial charge is 0.239 e. The third kappa shape index (κ3) is 5.52. The average molecular weight is 396 g/mol. The molecule has 10 heteroatoms. The van der Waals surface area contributed by atoms with Gasteiger partial charge in [0.05, 0.1) is 18.7 Å². The van der Waals surface area contributed by atoms with E-state index in [1.807, 2.05) is 11.8 Å². The number of amides is 1. The Morgan fingerprint density at radius 3 is 2.60 bits per heavy atom. The van der Waals surface area contributed by atoms with E-state index in [1.54, 1.807) is 7.11 Å². The van der Waals surface area contributed by atoms with Crippen LogP contribution in [0.5, 0.6) is 0 Å². The molecule has 25 heavy (non-hydrogen) atoms. The van der Waals surface area contributed by atoms with Crippen molar-refractivity contribution in [3.63, 3.8) is 0 Å². The van der Waals surface area contributed by atoms with Crippen molar-refractivity contribution in [2.24, 2.45) is 0 Å². The Kier molecular flexibility index (Phi) is 9.09. The molecule has 144 valence electrons. The summed E-state index contributed by atoms with van der Waals surface area (Å²) in [6.45, 7) is 6.58. The minimum Gasteiger partial charge on any atom is -0.380 e. The van der Waals surface area contributed by atoms with Crippen molar-refractivity contribution in [1.29, 1.82) is 0 Å². The zero-order valence-corrected chi connectivity index (χ0v) is 16.3. The summed E-state index contributed by atoms with van der Waals surface area (Å²) in [5.41, 5.74) is 0. The first-order chi connectivity index (χ1) is 11.2. The molecule has 0 bridgehead atoms. The van der Waals surface area contributed by atoms with Gasteiger partial charge < -0.3 is 19.5 Å². The van der Waals surface area contributed by atoms with Crippen molar-refractivity contribution in [1.82, 2.24) is 25.3 Å². The molecule has 2 aliphatic heterocycles. The van der Waals surface area contributed by atoms with Crippen LogP contribution in [0, 0.1) is 0 Å². The number of piperazine rings is 1. The molecular formula is C15H27Cl2N5O3. The van der Waals surface area contributed by atoms with E-state index in [9.17, 15) is 4.79 Å². The van der Waals surface area contributed by atoms with Gasteiger partial charge >= 0.3 is 0 Å². The lowest BCUT2D eigenvalue weighted by molar-refractivity contribution is -0.135. The number of rotatable bonds is 5. The predicted molar refractivity (Wildman–Crippen MR) is 97.2 cm³/mol. The van der Waals surface area contributed by atoms with Gasteiger partial charge in [-0.05, 0) is 6.42 Å². The van der Waals surface area contributed by atoms with Crippen LogP contribution in [-0.2, 0) is 22.5 Å². The number of nitrogens with zero attached hydrogens (tertiary/aromatic N) is 4. The van der Waals surface area contributed by atoms with Gasteiger partial charge in [0.15, 0.2) is 5.82 Å². The van der Waals surface area contributed by atoms with Crippen LogP contribution < -0.4 is 5.32 Å². The first kappa shape index (κ1) is 22.1. The van der Waals surface area contributed by atoms with Crippen LogP contribution in [0.2, 0.25) is 0 Å². The van der Waals surface area contributed by atoms with Gasteiger partial charge in [-0.3, -0.25) is 9.69 Å². The maximum Gasteiger partial charge on any atom is 0.239 e. The van der Waals surface area contributed by atoms with Crippen LogP contribution in [0.25, 0.3) is 0 Å². The Bertz CT molecular complexity index is 537. The SMILES string of the molecule is CCc1nc(CN2CCN(C(=O)[C@@H]3C[C@H](OC)CN3)CC2)no1.Cl.Cl. The number of aromatic nitrogens is 2. The quantitative estimate of drug-likeness (QED) is 0.776. The van der Waals surface area contributed by atoms with Crippen molar-refractivity contribution >= 4 is 30.7 Å². The van der Waals surface area contributed by atoms with Crippen LogP contribution in [0.3, 0.4) is 0 Å². The average Bonchev–Trinajstić information content (AvgIpc) is 3.24. The lowest BCUT2D eigenvalue weighted by atomic mass is 10.1. The molecule has 8 nitrogen and oxygen atoms in total. The molecule has 1 aromatic heterocycles. The summed E-state index contributed by atoms with van der Waals surface area (Å²) >= 11 is 0. The molecule has 1 N–H and O–H groups in total. The Morgan fingerprint density at radius 1 is 1.32 bits per heavy atom. The fraction of sp³-hybridized carbons (Fsp3) is 0.800. The highest BCUT2D eigenvalue weighted by Gasteiger charge is 2.33. The molecule has 2 fully saturated rings. The zero-order valence-electron chi connectivity index (χ0n) is 14.6. The first-order valence-corrected chi connectivity index (χ1v) is 8.28. The molecule has 2 saturated heterocycles. The molecule has 1 aromatic rings. The summed E-state index contributed by atoms with van der Waals surface area (Å²) in [6, 6.07) is -0.101. The summed E-state index contributed by atoms with van der Waals surface area (Å²) in [6.07, 6.45) is 1.67. The number of halogens is 2. The molecule has 0 aromatic carbocycles. The first-order valence-electron chi connectivity index (χ1n) is 8.28. The molecule has 1 amide bonds. The van der Waals surface area contributed by atoms with E-state index in [1.165, 1.54) is 0 Å². The number of ether oxygens (including phenoxy) is 1. The Morgan fingerprint density at radius 2 is 2.04 bits per heavy atom. The van der Waals surface area contributed by atoms with E-state index in [-0.39, 0.29) is 42.9 Å². The Hall–Kier alpha value is -0.930. The molecule has 3 heterocycles. The maximum atomic E-state index is 12.5. The number of nitrogens with one attached hydrogen (secondary N) is 1. The van der Waals surface area contributed by atoms with Gasteiger partial charge in [0.25, 0.3) is 0 Å². The van der Waals surface area contributed by atoms with Gasteiger partial charge in [0.1, 0.15) is 0 Å². The lowest BCUT2D eigenvalue weighted by Gasteiger charge is -2.35. The van der Waals surface area contributed by atoms with Gasteiger partial charge in [-0.15, -0.1) is 24.8 Å². The number of hydrogen-bond acceptors (Lipinski definition) is 7. The lowest BCUT2D eigenvalue weighted by Crippen LogP contribution is -2.52. The second kappa shape index (κ2) is 10.3. The molecule has 0 spiro atoms. The molecule has 0 aliphatic carbocycles. The van der Waals surface area contributed by atoms with E-state index < -0.39 is 0 Å². The summed E-state index contributed by atoms with van der Waals surface area (Å²) < 4.78 is 10.4. The van der Waals surface area contributed by atoms with Gasteiger partial charge in [-0.2, -0.15) is 4.98 Å². The standard InChI is InChI=1S/C15H25N5O3.2ClH/c1-3-14-17-13(18-23-14)10-19-4-6-20(7-5-19)15(21)12-8-11(22-2)9-16-12;;/h11-12,16H,3-10H2,1-2H3;2*1H/t11-,12-;;/m0../s1. The molecule has 3 rings (SSSR count). The third-order valence-electron chi connectivity index (χ3n) is 4.58. The summed E-state index contributed by atoms with van der Waals surface area (Å²) in [5.74, 6) is 1.59. The Balaban J connectivity index is 0.00000156. The van der Waals surface area contributed by atoms with Crippen LogP contribution in [0.15, 0.2) is 4.52 Å². The monoisotopic (exact) mass is 395 g/mol. The van der Waals surface area contributed by atoms with E-state index >= 15 is 0 Å². The van der Waals surface area contributed by atoms with Crippen molar-refractivity contribution in [2.45, 2.75) is 38.5 Å². The highest BCUT2D eigenvalue weighted by Crippen LogP contribution is 2.14. The second-order valence-electron chi connectivity index (χ2n) is 6.11. The van der Waals surface area contributed by atoms with Crippen molar-refractivity contribution in [3.8, 4) is 0 Å². The van der Waals surface area contributed by atoms with Crippen molar-refractivity contribution < 1.29 is 14.1 Å². The minimum absolute atomic E-state index is 0. The number of methoxy groups -OCH3 is 1. The number of carbonyl (C=O) groups is 1. The second-order valence-corrected chi connectivity index (χ2v) is 6.11. The minimum atomic E-state index is -0.101. The van der Waals surface area contributed by atoms with Gasteiger partial charge in [0.2, 0.25) is 11.8 Å². The number of carbonyl (C=O) groups excluding carboxylic acids is 1. The number of hydrogen-bond donors (Lipinski definition) is 1. The van der Waals surface area contributed by atoms with Crippen LogP contribution in [0.1, 0.15) is 25.1 Å². The highest BCUT2D eigenvalue weighted by molar-refractivity contribution is 5.85. The van der Waals surface area contributed by atoms with E-state index in [0.29, 0.717) is 12.4 Å². The molecule has 2 atom stereocenters. The van der Waals surface area contributed by atoms with Crippen LogP contribution in [-0.4, -0.2) is 77.8 Å². The van der Waals surface area contributed by atoms with E-state index in [0.717, 1.165) is 51.4 Å². The third-order valence-corrected chi connectivity index (χ3v) is 4.58. The van der Waals surface area contributed by atoms with Gasteiger partial charge in [-0.25, -0.2) is 0 Å². The van der Waals surface area contributed by atoms with E-state index in [4.69, 9.17) is 9.26 Å².